The Balaban J connectivity index is 1.05. The zero-order valence-corrected chi connectivity index (χ0v) is 33.1. The maximum atomic E-state index is 6.93. The lowest BCUT2D eigenvalue weighted by atomic mass is 9.77. The van der Waals surface area contributed by atoms with Gasteiger partial charge in [0.2, 0.25) is 0 Å². The molecule has 1 aromatic heterocycles. The van der Waals surface area contributed by atoms with E-state index in [4.69, 9.17) is 4.42 Å². The minimum atomic E-state index is -0.0912. The summed E-state index contributed by atoms with van der Waals surface area (Å²) in [6.45, 7) is 4.75. The van der Waals surface area contributed by atoms with Gasteiger partial charge in [0.1, 0.15) is 11.3 Å². The summed E-state index contributed by atoms with van der Waals surface area (Å²) >= 11 is 0. The number of furan rings is 1. The maximum Gasteiger partial charge on any atom is 0.135 e. The zero-order valence-electron chi connectivity index (χ0n) is 33.1. The Morgan fingerprint density at radius 3 is 2.17 bits per heavy atom. The maximum absolute atomic E-state index is 6.93. The van der Waals surface area contributed by atoms with Gasteiger partial charge in [-0.05, 0) is 107 Å². The van der Waals surface area contributed by atoms with Crippen molar-refractivity contribution in [1.82, 2.24) is 0 Å². The smallest absolute Gasteiger partial charge is 0.135 e. The molecule has 58 heavy (non-hydrogen) atoms. The summed E-state index contributed by atoms with van der Waals surface area (Å²) in [5.74, 6) is 1.25. The second-order valence-corrected chi connectivity index (χ2v) is 16.7. The van der Waals surface area contributed by atoms with Gasteiger partial charge in [-0.25, -0.2) is 0 Å². The van der Waals surface area contributed by atoms with E-state index in [1.807, 2.05) is 0 Å². The van der Waals surface area contributed by atoms with Crippen LogP contribution in [0.25, 0.3) is 39.3 Å². The van der Waals surface area contributed by atoms with Crippen LogP contribution in [0.3, 0.4) is 0 Å². The first kappa shape index (κ1) is 34.7. The predicted octanol–water partition coefficient (Wildman–Crippen LogP) is 14.3. The Kier molecular flexibility index (Phi) is 8.25. The van der Waals surface area contributed by atoms with E-state index in [0.717, 1.165) is 30.6 Å². The van der Waals surface area contributed by atoms with Gasteiger partial charge in [-0.2, -0.15) is 0 Å². The fraction of sp³-hybridized carbons (Fsp3) is 0.164. The molecule has 0 N–H and O–H groups in total. The van der Waals surface area contributed by atoms with Crippen LogP contribution in [0, 0.1) is 5.92 Å². The highest BCUT2D eigenvalue weighted by molar-refractivity contribution is 6.02. The average molecular weight is 751 g/mol. The zero-order chi connectivity index (χ0) is 38.8. The van der Waals surface area contributed by atoms with Gasteiger partial charge in [-0.1, -0.05) is 147 Å². The fourth-order valence-electron chi connectivity index (χ4n) is 10.2. The Morgan fingerprint density at radius 2 is 1.36 bits per heavy atom. The van der Waals surface area contributed by atoms with Crippen molar-refractivity contribution >= 4 is 34.1 Å². The number of nitrogens with zero attached hydrogens (tertiary/aromatic N) is 2. The van der Waals surface area contributed by atoms with Crippen LogP contribution in [0.15, 0.2) is 198 Å². The number of rotatable bonds is 7. The molecule has 0 saturated carbocycles. The van der Waals surface area contributed by atoms with Crippen LogP contribution in [0.5, 0.6) is 0 Å². The van der Waals surface area contributed by atoms with Crippen molar-refractivity contribution in [3.8, 4) is 22.3 Å². The molecule has 0 spiro atoms. The third kappa shape index (κ3) is 5.56. The monoisotopic (exact) mass is 750 g/mol. The molecule has 11 rings (SSSR count). The lowest BCUT2D eigenvalue weighted by Crippen LogP contribution is -2.31. The topological polar surface area (TPSA) is 19.6 Å². The summed E-state index contributed by atoms with van der Waals surface area (Å²) in [5.41, 5.74) is 16.1. The normalized spacial score (nSPS) is 20.6. The van der Waals surface area contributed by atoms with Gasteiger partial charge in [-0.15, -0.1) is 0 Å². The summed E-state index contributed by atoms with van der Waals surface area (Å²) in [6.07, 6.45) is 30.3. The van der Waals surface area contributed by atoms with Crippen molar-refractivity contribution in [2.45, 2.75) is 50.5 Å². The second kappa shape index (κ2) is 13.8. The molecule has 3 nitrogen and oxygen atoms in total. The van der Waals surface area contributed by atoms with E-state index in [9.17, 15) is 0 Å². The molecular formula is C55H46N2O. The molecule has 6 aromatic rings. The predicted molar refractivity (Wildman–Crippen MR) is 242 cm³/mol. The van der Waals surface area contributed by atoms with E-state index in [0.29, 0.717) is 0 Å². The van der Waals surface area contributed by atoms with Gasteiger partial charge >= 0.3 is 0 Å². The summed E-state index contributed by atoms with van der Waals surface area (Å²) in [6, 6.07) is 42.8. The summed E-state index contributed by atoms with van der Waals surface area (Å²) in [4.78, 5) is 5.03. The molecule has 1 heterocycles. The molecule has 0 aliphatic heterocycles. The number of benzene rings is 5. The molecule has 5 aliphatic carbocycles. The number of anilines is 3. The van der Waals surface area contributed by atoms with Gasteiger partial charge in [0.05, 0.1) is 6.04 Å². The van der Waals surface area contributed by atoms with Crippen molar-refractivity contribution in [2.24, 2.45) is 5.92 Å². The van der Waals surface area contributed by atoms with Crippen LogP contribution in [-0.4, -0.2) is 6.04 Å². The molecule has 282 valence electrons. The van der Waals surface area contributed by atoms with Crippen LogP contribution in [0.4, 0.5) is 17.1 Å². The van der Waals surface area contributed by atoms with Crippen LogP contribution < -0.4 is 9.80 Å². The third-order valence-electron chi connectivity index (χ3n) is 13.0. The number of hydrogen-bond donors (Lipinski definition) is 0. The highest BCUT2D eigenvalue weighted by Crippen LogP contribution is 2.53. The quantitative estimate of drug-likeness (QED) is 0.162. The van der Waals surface area contributed by atoms with Crippen molar-refractivity contribution in [3.05, 3.63) is 216 Å². The Hall–Kier alpha value is -6.58. The summed E-state index contributed by atoms with van der Waals surface area (Å²) < 4.78 is 6.93. The van der Waals surface area contributed by atoms with Crippen molar-refractivity contribution in [3.63, 3.8) is 0 Å². The Morgan fingerprint density at radius 1 is 0.621 bits per heavy atom. The number of allylic oxidation sites excluding steroid dienone is 10. The highest BCUT2D eigenvalue weighted by Gasteiger charge is 2.40. The van der Waals surface area contributed by atoms with Gasteiger partial charge in [0, 0.05) is 56.7 Å². The SMILES string of the molecule is CC1(C)c2ccccc2-c2ccc(N(C3=CC=CCC3)C3=Cc4c(oc5cccc(-c6ccc(N(c7ccccc7)C7C=CC=CC7)cc6)c45)C4C=CC=CC34)cc21. The van der Waals surface area contributed by atoms with Crippen LogP contribution in [0.1, 0.15) is 61.5 Å². The minimum absolute atomic E-state index is 0.0806. The highest BCUT2D eigenvalue weighted by atomic mass is 16.3. The Labute approximate surface area is 341 Å². The van der Waals surface area contributed by atoms with Gasteiger partial charge in [-0.3, -0.25) is 0 Å². The number of para-hydroxylation sites is 1. The van der Waals surface area contributed by atoms with E-state index < -0.39 is 0 Å². The van der Waals surface area contributed by atoms with E-state index in [1.165, 1.54) is 72.8 Å². The lowest BCUT2D eigenvalue weighted by molar-refractivity contribution is 0.479. The summed E-state index contributed by atoms with van der Waals surface area (Å²) in [7, 11) is 0. The van der Waals surface area contributed by atoms with E-state index >= 15 is 0 Å². The van der Waals surface area contributed by atoms with E-state index in [1.54, 1.807) is 0 Å². The molecule has 0 radical (unpaired) electrons. The molecule has 3 unspecified atom stereocenters. The number of fused-ring (bicyclic) bond motifs is 8. The molecule has 0 bridgehead atoms. The van der Waals surface area contributed by atoms with Crippen LogP contribution >= 0.6 is 0 Å². The first-order valence-corrected chi connectivity index (χ1v) is 20.8. The fourth-order valence-corrected chi connectivity index (χ4v) is 10.2. The van der Waals surface area contributed by atoms with Crippen molar-refractivity contribution in [2.75, 3.05) is 9.80 Å². The van der Waals surface area contributed by atoms with Crippen LogP contribution in [-0.2, 0) is 5.41 Å². The van der Waals surface area contributed by atoms with E-state index in [2.05, 4.69) is 212 Å². The standard InChI is InChI=1S/C55H46N2O/c1-55(2)49-27-15-14-23-44(49)45-34-33-42(35-50(45)55)57(40-21-10-5-11-22-40)51-36-48-53-43(26-16-28-52(53)58-54(48)47-25-13-12-24-46(47)51)37-29-31-41(32-30-37)56(38-17-6-3-7-18-38)39-19-8-4-9-20-39/h3-10,12-19,21,23-36,39,46-47H,11,20,22H2,1-2H3. The van der Waals surface area contributed by atoms with Crippen molar-refractivity contribution in [1.29, 1.82) is 0 Å². The van der Waals surface area contributed by atoms with Gasteiger partial charge < -0.3 is 14.2 Å². The molecule has 5 aromatic carbocycles. The molecule has 3 atom stereocenters. The van der Waals surface area contributed by atoms with Crippen LogP contribution in [0.2, 0.25) is 0 Å². The minimum Gasteiger partial charge on any atom is -0.460 e. The van der Waals surface area contributed by atoms with Gasteiger partial charge in [0.25, 0.3) is 0 Å². The molecular weight excluding hydrogens is 705 g/mol. The molecule has 3 heteroatoms. The molecule has 0 amide bonds. The number of hydrogen-bond acceptors (Lipinski definition) is 3. The first-order chi connectivity index (χ1) is 28.5. The second-order valence-electron chi connectivity index (χ2n) is 16.7. The average Bonchev–Trinajstić information content (AvgIpc) is 3.77. The first-order valence-electron chi connectivity index (χ1n) is 20.8. The molecule has 0 saturated heterocycles. The van der Waals surface area contributed by atoms with E-state index in [-0.39, 0.29) is 23.3 Å². The third-order valence-corrected chi connectivity index (χ3v) is 13.0. The summed E-state index contributed by atoms with van der Waals surface area (Å²) in [5, 5.41) is 1.17. The largest absolute Gasteiger partial charge is 0.460 e. The lowest BCUT2D eigenvalue weighted by Gasteiger charge is -2.39. The molecule has 0 fully saturated rings. The molecule has 5 aliphatic rings. The van der Waals surface area contributed by atoms with Crippen molar-refractivity contribution < 1.29 is 4.42 Å². The van der Waals surface area contributed by atoms with Gasteiger partial charge in [0.15, 0.2) is 0 Å². The Bertz CT molecular complexity index is 2800.